The topological polar surface area (TPSA) is 104 Å². The average molecular weight is 595 g/mol. The van der Waals surface area contributed by atoms with E-state index in [1.165, 1.54) is 4.31 Å². The highest BCUT2D eigenvalue weighted by molar-refractivity contribution is 7.92. The van der Waals surface area contributed by atoms with Crippen LogP contribution < -0.4 is 14.9 Å². The summed E-state index contributed by atoms with van der Waals surface area (Å²) in [5, 5.41) is 18.7. The molecule has 1 aliphatic heterocycles. The van der Waals surface area contributed by atoms with Crippen molar-refractivity contribution in [1.29, 1.82) is 0 Å². The summed E-state index contributed by atoms with van der Waals surface area (Å²) in [4.78, 5) is 13.5. The summed E-state index contributed by atoms with van der Waals surface area (Å²) in [5.74, 6) is -0.406. The first-order chi connectivity index (χ1) is 19.7. The van der Waals surface area contributed by atoms with Crippen LogP contribution in [-0.4, -0.2) is 56.0 Å². The van der Waals surface area contributed by atoms with Crippen LogP contribution in [0.15, 0.2) is 72.9 Å². The largest absolute Gasteiger partial charge is 0.391 e. The van der Waals surface area contributed by atoms with Gasteiger partial charge >= 0.3 is 0 Å². The molecule has 0 saturated heterocycles. The number of nitrogens with zero attached hydrogens (tertiary/aromatic N) is 2. The number of benzene rings is 3. The molecule has 2 heterocycles. The monoisotopic (exact) mass is 594 g/mol. The third-order valence-electron chi connectivity index (χ3n) is 7.75. The number of hydrogen-bond acceptors (Lipinski definition) is 5. The van der Waals surface area contributed by atoms with Crippen LogP contribution >= 0.6 is 11.6 Å². The number of aryl methyl sites for hydroxylation is 2. The number of hydrogen-bond donors (Lipinski definition) is 3. The summed E-state index contributed by atoms with van der Waals surface area (Å²) >= 11 is 5.97. The molecule has 216 valence electrons. The van der Waals surface area contributed by atoms with E-state index in [4.69, 9.17) is 11.6 Å². The van der Waals surface area contributed by atoms with Crippen molar-refractivity contribution in [2.45, 2.75) is 38.3 Å². The van der Waals surface area contributed by atoms with Gasteiger partial charge in [-0.15, -0.1) is 0 Å². The molecular weight excluding hydrogens is 560 g/mol. The van der Waals surface area contributed by atoms with E-state index in [1.54, 1.807) is 25.2 Å². The van der Waals surface area contributed by atoms with E-state index in [-0.39, 0.29) is 17.6 Å². The number of anilines is 2. The Morgan fingerprint density at radius 2 is 1.80 bits per heavy atom. The number of aliphatic hydroxyl groups is 1. The van der Waals surface area contributed by atoms with Gasteiger partial charge in [0.25, 0.3) is 5.91 Å². The molecule has 4 aromatic rings. The van der Waals surface area contributed by atoms with Crippen molar-refractivity contribution < 1.29 is 18.3 Å². The quantitative estimate of drug-likeness (QED) is 0.239. The molecule has 3 N–H and O–H groups in total. The molecule has 0 radical (unpaired) electrons. The number of aromatic nitrogens is 1. The van der Waals surface area contributed by atoms with Gasteiger partial charge in [0.2, 0.25) is 10.0 Å². The molecule has 0 fully saturated rings. The normalized spacial score (nSPS) is 15.8. The summed E-state index contributed by atoms with van der Waals surface area (Å²) in [5.41, 5.74) is 4.61. The first-order valence-electron chi connectivity index (χ1n) is 13.8. The van der Waals surface area contributed by atoms with Crippen LogP contribution in [0.25, 0.3) is 10.9 Å². The van der Waals surface area contributed by atoms with Crippen molar-refractivity contribution in [3.8, 4) is 0 Å². The van der Waals surface area contributed by atoms with Gasteiger partial charge in [-0.3, -0.25) is 9.10 Å². The molecule has 2 atom stereocenters. The van der Waals surface area contributed by atoms with E-state index in [0.29, 0.717) is 48.7 Å². The standard InChI is InChI=1S/C31H35ClN4O4S/c1-3-36-20-22-13-14-41(39,40)35(2)28-16-23(17-29(36)30(22)28)31(38)34-18-24(21-7-5-4-6-8-21)15-27(37)19-33-26-11-9-25(32)10-12-26/h4-12,16-17,20,24,27,33,37H,3,13-15,18-19H2,1-2H3,(H,34,38)/t24?,27-/m0/s1. The Hall–Kier alpha value is -3.53. The van der Waals surface area contributed by atoms with Crippen molar-refractivity contribution in [3.63, 3.8) is 0 Å². The SMILES string of the molecule is CCn1cc2c3c(cc(C(=O)NCC(C[C@H](O)CNc4ccc(Cl)cc4)c4ccccc4)cc31)N(C)S(=O)(=O)CC2. The molecule has 0 saturated carbocycles. The van der Waals surface area contributed by atoms with Gasteiger partial charge < -0.3 is 20.3 Å². The predicted octanol–water partition coefficient (Wildman–Crippen LogP) is 5.01. The minimum atomic E-state index is -3.49. The predicted molar refractivity (Wildman–Crippen MR) is 166 cm³/mol. The van der Waals surface area contributed by atoms with Gasteiger partial charge in [-0.25, -0.2) is 8.42 Å². The number of nitrogens with one attached hydrogen (secondary N) is 2. The number of halogens is 1. The maximum atomic E-state index is 13.5. The summed E-state index contributed by atoms with van der Waals surface area (Å²) in [6.07, 6.45) is 2.19. The van der Waals surface area contributed by atoms with Crippen LogP contribution in [0.5, 0.6) is 0 Å². The number of rotatable bonds is 10. The smallest absolute Gasteiger partial charge is 0.251 e. The zero-order chi connectivity index (χ0) is 29.1. The molecule has 1 aromatic heterocycles. The van der Waals surface area contributed by atoms with Crippen molar-refractivity contribution in [2.24, 2.45) is 0 Å². The maximum Gasteiger partial charge on any atom is 0.251 e. The molecule has 1 aliphatic rings. The van der Waals surface area contributed by atoms with Gasteiger partial charge in [0.1, 0.15) is 0 Å². The van der Waals surface area contributed by atoms with Crippen LogP contribution in [0.1, 0.15) is 40.7 Å². The Morgan fingerprint density at radius 1 is 1.07 bits per heavy atom. The highest BCUT2D eigenvalue weighted by atomic mass is 35.5. The molecule has 0 bridgehead atoms. The van der Waals surface area contributed by atoms with Crippen LogP contribution in [0.2, 0.25) is 5.02 Å². The van der Waals surface area contributed by atoms with E-state index in [1.807, 2.05) is 61.7 Å². The van der Waals surface area contributed by atoms with E-state index in [2.05, 4.69) is 15.2 Å². The molecule has 10 heteroatoms. The summed E-state index contributed by atoms with van der Waals surface area (Å²) in [7, 11) is -1.94. The lowest BCUT2D eigenvalue weighted by molar-refractivity contribution is 0.0945. The van der Waals surface area contributed by atoms with Gasteiger partial charge in [-0.1, -0.05) is 41.9 Å². The third kappa shape index (κ3) is 6.37. The molecule has 0 aliphatic carbocycles. The zero-order valence-electron chi connectivity index (χ0n) is 23.2. The zero-order valence-corrected chi connectivity index (χ0v) is 24.8. The summed E-state index contributed by atoms with van der Waals surface area (Å²) in [6, 6.07) is 20.6. The lowest BCUT2D eigenvalue weighted by Gasteiger charge is -2.23. The highest BCUT2D eigenvalue weighted by Gasteiger charge is 2.29. The second-order valence-corrected chi connectivity index (χ2v) is 13.0. The van der Waals surface area contributed by atoms with Crippen LogP contribution in [0.3, 0.4) is 0 Å². The van der Waals surface area contributed by atoms with Crippen LogP contribution in [-0.2, 0) is 23.0 Å². The van der Waals surface area contributed by atoms with Crippen molar-refractivity contribution in [3.05, 3.63) is 94.6 Å². The Labute approximate surface area is 246 Å². The first-order valence-corrected chi connectivity index (χ1v) is 15.8. The van der Waals surface area contributed by atoms with Gasteiger partial charge in [0.05, 0.1) is 23.1 Å². The second-order valence-electron chi connectivity index (χ2n) is 10.5. The lowest BCUT2D eigenvalue weighted by Crippen LogP contribution is -2.32. The van der Waals surface area contributed by atoms with Crippen LogP contribution in [0, 0.1) is 0 Å². The number of sulfonamides is 1. The van der Waals surface area contributed by atoms with E-state index < -0.39 is 16.1 Å². The minimum Gasteiger partial charge on any atom is -0.391 e. The number of carbonyl (C=O) groups is 1. The van der Waals surface area contributed by atoms with Gasteiger partial charge in [-0.2, -0.15) is 0 Å². The third-order valence-corrected chi connectivity index (χ3v) is 9.75. The van der Waals surface area contributed by atoms with Gasteiger partial charge in [-0.05, 0) is 67.3 Å². The van der Waals surface area contributed by atoms with Crippen molar-refractivity contribution in [2.75, 3.05) is 35.5 Å². The number of amides is 1. The fourth-order valence-electron chi connectivity index (χ4n) is 5.44. The minimum absolute atomic E-state index is 0.0243. The molecule has 0 spiro atoms. The fourth-order valence-corrected chi connectivity index (χ4v) is 6.76. The molecule has 1 amide bonds. The van der Waals surface area contributed by atoms with Crippen molar-refractivity contribution >= 4 is 49.8 Å². The summed E-state index contributed by atoms with van der Waals surface area (Å²) in [6.45, 7) is 3.38. The van der Waals surface area contributed by atoms with E-state index in [9.17, 15) is 18.3 Å². The molecular formula is C31H35ClN4O4S. The fraction of sp³-hybridized carbons (Fsp3) is 0.323. The Bertz CT molecular complexity index is 1640. The summed E-state index contributed by atoms with van der Waals surface area (Å²) < 4.78 is 29.1. The Morgan fingerprint density at radius 3 is 2.51 bits per heavy atom. The molecule has 3 aromatic carbocycles. The van der Waals surface area contributed by atoms with Crippen LogP contribution in [0.4, 0.5) is 11.4 Å². The number of aliphatic hydroxyl groups excluding tert-OH is 1. The molecule has 8 nitrogen and oxygen atoms in total. The van der Waals surface area contributed by atoms with E-state index in [0.717, 1.165) is 27.7 Å². The molecule has 5 rings (SSSR count). The highest BCUT2D eigenvalue weighted by Crippen LogP contribution is 2.37. The molecule has 41 heavy (non-hydrogen) atoms. The number of carbonyl (C=O) groups excluding carboxylic acids is 1. The van der Waals surface area contributed by atoms with Crippen molar-refractivity contribution in [1.82, 2.24) is 9.88 Å². The Balaban J connectivity index is 1.35. The van der Waals surface area contributed by atoms with Gasteiger partial charge in [0.15, 0.2) is 0 Å². The average Bonchev–Trinajstić information content (AvgIpc) is 3.31. The van der Waals surface area contributed by atoms with E-state index >= 15 is 0 Å². The van der Waals surface area contributed by atoms with Gasteiger partial charge in [0, 0.05) is 60.5 Å². The second kappa shape index (κ2) is 12.1. The maximum absolute atomic E-state index is 13.5. The molecule has 1 unspecified atom stereocenters. The Kier molecular flexibility index (Phi) is 8.58. The first kappa shape index (κ1) is 29.0. The lowest BCUT2D eigenvalue weighted by atomic mass is 9.92.